The molecule has 1 aromatic rings. The Morgan fingerprint density at radius 2 is 1.68 bits per heavy atom. The number of amides is 4. The van der Waals surface area contributed by atoms with Crippen molar-refractivity contribution in [2.75, 3.05) is 37.6 Å². The summed E-state index contributed by atoms with van der Waals surface area (Å²) in [6.45, 7) is 3.39. The number of hydrogen-bond donors (Lipinski definition) is 1. The van der Waals surface area contributed by atoms with E-state index in [1.807, 2.05) is 23.1 Å². The van der Waals surface area contributed by atoms with Crippen molar-refractivity contribution < 1.29 is 14.4 Å². The third-order valence-electron chi connectivity index (χ3n) is 6.23. The number of hydrogen-bond acceptors (Lipinski definition) is 4. The van der Waals surface area contributed by atoms with Gasteiger partial charge in [-0.3, -0.25) is 14.5 Å². The fourth-order valence-corrected chi connectivity index (χ4v) is 4.60. The van der Waals surface area contributed by atoms with Gasteiger partial charge in [0, 0.05) is 44.8 Å². The van der Waals surface area contributed by atoms with Crippen LogP contribution in [0.25, 0.3) is 0 Å². The number of carbonyl (C=O) groups is 3. The van der Waals surface area contributed by atoms with Crippen LogP contribution in [-0.4, -0.2) is 65.9 Å². The molecule has 3 aliphatic rings. The van der Waals surface area contributed by atoms with Crippen LogP contribution < -0.4 is 10.2 Å². The van der Waals surface area contributed by atoms with E-state index in [9.17, 15) is 14.4 Å². The average molecular weight is 384 g/mol. The molecule has 0 bridgehead atoms. The van der Waals surface area contributed by atoms with Crippen molar-refractivity contribution in [2.24, 2.45) is 0 Å². The van der Waals surface area contributed by atoms with E-state index in [1.54, 1.807) is 0 Å². The molecule has 7 nitrogen and oxygen atoms in total. The van der Waals surface area contributed by atoms with E-state index in [4.69, 9.17) is 0 Å². The molecule has 4 amide bonds. The van der Waals surface area contributed by atoms with E-state index in [0.29, 0.717) is 32.5 Å². The molecule has 4 rings (SSSR count). The lowest BCUT2D eigenvalue weighted by molar-refractivity contribution is -0.133. The molecule has 0 aromatic heterocycles. The van der Waals surface area contributed by atoms with Gasteiger partial charge in [-0.25, -0.2) is 4.79 Å². The maximum Gasteiger partial charge on any atom is 0.325 e. The Kier molecular flexibility index (Phi) is 5.24. The highest BCUT2D eigenvalue weighted by atomic mass is 16.2. The third kappa shape index (κ3) is 3.57. The number of nitrogens with one attached hydrogen (secondary N) is 1. The number of nitrogens with zero attached hydrogens (tertiary/aromatic N) is 3. The Balaban J connectivity index is 1.22. The highest BCUT2D eigenvalue weighted by molar-refractivity contribution is 6.07. The smallest absolute Gasteiger partial charge is 0.325 e. The highest BCUT2D eigenvalue weighted by Crippen LogP contribution is 2.35. The van der Waals surface area contributed by atoms with E-state index in [1.165, 1.54) is 10.6 Å². The van der Waals surface area contributed by atoms with Crippen molar-refractivity contribution in [2.45, 2.75) is 44.1 Å². The minimum atomic E-state index is -0.658. The second-order valence-corrected chi connectivity index (χ2v) is 7.98. The lowest BCUT2D eigenvalue weighted by atomic mass is 9.98. The number of piperazine rings is 1. The summed E-state index contributed by atoms with van der Waals surface area (Å²) in [7, 11) is 0. The van der Waals surface area contributed by atoms with Crippen molar-refractivity contribution in [1.29, 1.82) is 0 Å². The van der Waals surface area contributed by atoms with Gasteiger partial charge < -0.3 is 15.1 Å². The predicted octanol–water partition coefficient (Wildman–Crippen LogP) is 1.98. The molecule has 1 spiro atoms. The largest absolute Gasteiger partial charge is 0.368 e. The zero-order chi connectivity index (χ0) is 19.6. The first-order valence-corrected chi connectivity index (χ1v) is 10.3. The molecule has 2 aliphatic heterocycles. The summed E-state index contributed by atoms with van der Waals surface area (Å²) in [5.41, 5.74) is 0.531. The van der Waals surface area contributed by atoms with Gasteiger partial charge >= 0.3 is 6.03 Å². The van der Waals surface area contributed by atoms with Crippen molar-refractivity contribution in [3.63, 3.8) is 0 Å². The number of rotatable bonds is 5. The molecule has 1 saturated carbocycles. The van der Waals surface area contributed by atoms with Crippen LogP contribution in [0.3, 0.4) is 0 Å². The van der Waals surface area contributed by atoms with Crippen molar-refractivity contribution >= 4 is 23.5 Å². The van der Waals surface area contributed by atoms with Crippen LogP contribution in [0.5, 0.6) is 0 Å². The monoisotopic (exact) mass is 384 g/mol. The molecule has 2 heterocycles. The van der Waals surface area contributed by atoms with Crippen LogP contribution in [-0.2, 0) is 9.59 Å². The number of carbonyl (C=O) groups excluding carboxylic acids is 3. The van der Waals surface area contributed by atoms with E-state index >= 15 is 0 Å². The molecular weight excluding hydrogens is 356 g/mol. The van der Waals surface area contributed by atoms with Gasteiger partial charge in [-0.05, 0) is 31.4 Å². The topological polar surface area (TPSA) is 73.0 Å². The lowest BCUT2D eigenvalue weighted by Crippen LogP contribution is -2.49. The molecule has 1 N–H and O–H groups in total. The van der Waals surface area contributed by atoms with Gasteiger partial charge in [0.1, 0.15) is 5.54 Å². The number of urea groups is 1. The Hall–Kier alpha value is -2.57. The molecule has 28 heavy (non-hydrogen) atoms. The van der Waals surface area contributed by atoms with E-state index < -0.39 is 5.54 Å². The Labute approximate surface area is 165 Å². The van der Waals surface area contributed by atoms with Crippen molar-refractivity contribution in [3.8, 4) is 0 Å². The van der Waals surface area contributed by atoms with Crippen LogP contribution in [0.4, 0.5) is 10.5 Å². The standard InChI is InChI=1S/C21H28N4O3/c26-18(24-15-13-23(14-16-24)17-7-2-1-3-8-17)9-6-12-25-19(27)21(22-20(25)28)10-4-5-11-21/h1-3,7-8H,4-6,9-16H2,(H,22,28). The summed E-state index contributed by atoms with van der Waals surface area (Å²) in [6.07, 6.45) is 4.32. The molecule has 3 fully saturated rings. The van der Waals surface area contributed by atoms with Crippen molar-refractivity contribution in [3.05, 3.63) is 30.3 Å². The maximum atomic E-state index is 12.6. The SMILES string of the molecule is O=C(CCCN1C(=O)NC2(CCCC2)C1=O)N1CCN(c2ccccc2)CC1. The van der Waals surface area contributed by atoms with Gasteiger partial charge in [0.15, 0.2) is 0 Å². The quantitative estimate of drug-likeness (QED) is 0.788. The van der Waals surface area contributed by atoms with Crippen LogP contribution in [0, 0.1) is 0 Å². The normalized spacial score (nSPS) is 21.5. The van der Waals surface area contributed by atoms with Crippen LogP contribution in [0.15, 0.2) is 30.3 Å². The van der Waals surface area contributed by atoms with E-state index in [2.05, 4.69) is 22.3 Å². The van der Waals surface area contributed by atoms with Crippen LogP contribution >= 0.6 is 0 Å². The van der Waals surface area contributed by atoms with Gasteiger partial charge in [-0.1, -0.05) is 31.0 Å². The molecule has 1 aromatic carbocycles. The summed E-state index contributed by atoms with van der Waals surface area (Å²) in [4.78, 5) is 42.8. The number of para-hydroxylation sites is 1. The molecule has 150 valence electrons. The summed E-state index contributed by atoms with van der Waals surface area (Å²) >= 11 is 0. The van der Waals surface area contributed by atoms with E-state index in [-0.39, 0.29) is 17.8 Å². The number of anilines is 1. The molecule has 0 unspecified atom stereocenters. The van der Waals surface area contributed by atoms with Gasteiger partial charge in [-0.2, -0.15) is 0 Å². The summed E-state index contributed by atoms with van der Waals surface area (Å²) < 4.78 is 0. The second kappa shape index (κ2) is 7.81. The minimum absolute atomic E-state index is 0.0982. The maximum absolute atomic E-state index is 12.6. The predicted molar refractivity (Wildman–Crippen MR) is 106 cm³/mol. The van der Waals surface area contributed by atoms with Crippen LogP contribution in [0.1, 0.15) is 38.5 Å². The van der Waals surface area contributed by atoms with Gasteiger partial charge in [0.25, 0.3) is 5.91 Å². The van der Waals surface area contributed by atoms with E-state index in [0.717, 1.165) is 38.8 Å². The summed E-state index contributed by atoms with van der Waals surface area (Å²) in [5, 5.41) is 2.89. The van der Waals surface area contributed by atoms with Gasteiger partial charge in [-0.15, -0.1) is 0 Å². The lowest BCUT2D eigenvalue weighted by Gasteiger charge is -2.36. The first-order chi connectivity index (χ1) is 13.6. The molecule has 7 heteroatoms. The Morgan fingerprint density at radius 3 is 2.36 bits per heavy atom. The highest BCUT2D eigenvalue weighted by Gasteiger charge is 2.52. The zero-order valence-corrected chi connectivity index (χ0v) is 16.2. The Bertz CT molecular complexity index is 737. The molecular formula is C21H28N4O3. The second-order valence-electron chi connectivity index (χ2n) is 7.98. The van der Waals surface area contributed by atoms with Gasteiger partial charge in [0.2, 0.25) is 5.91 Å². The summed E-state index contributed by atoms with van der Waals surface area (Å²) in [5.74, 6) is 0.00858. The fourth-order valence-electron chi connectivity index (χ4n) is 4.60. The number of benzene rings is 1. The minimum Gasteiger partial charge on any atom is -0.368 e. The van der Waals surface area contributed by atoms with Gasteiger partial charge in [0.05, 0.1) is 0 Å². The molecule has 0 radical (unpaired) electrons. The molecule has 0 atom stereocenters. The first kappa shape index (κ1) is 18.8. The average Bonchev–Trinajstić information content (AvgIpc) is 3.29. The fraction of sp³-hybridized carbons (Fsp3) is 0.571. The first-order valence-electron chi connectivity index (χ1n) is 10.3. The molecule has 2 saturated heterocycles. The van der Waals surface area contributed by atoms with Crippen molar-refractivity contribution in [1.82, 2.24) is 15.1 Å². The third-order valence-corrected chi connectivity index (χ3v) is 6.23. The van der Waals surface area contributed by atoms with Crippen LogP contribution in [0.2, 0.25) is 0 Å². The summed E-state index contributed by atoms with van der Waals surface area (Å²) in [6, 6.07) is 9.94. The Morgan fingerprint density at radius 1 is 1.00 bits per heavy atom. The number of imide groups is 1. The molecule has 1 aliphatic carbocycles. The zero-order valence-electron chi connectivity index (χ0n) is 16.2.